The molecular formula is C29H31N5O3S. The van der Waals surface area contributed by atoms with Crippen molar-refractivity contribution in [1.82, 2.24) is 20.3 Å². The summed E-state index contributed by atoms with van der Waals surface area (Å²) in [4.78, 5) is 28.7. The zero-order valence-corrected chi connectivity index (χ0v) is 22.4. The summed E-state index contributed by atoms with van der Waals surface area (Å²) in [6.45, 7) is 2.16. The molecule has 0 bridgehead atoms. The average Bonchev–Trinajstić information content (AvgIpc) is 3.46. The highest BCUT2D eigenvalue weighted by atomic mass is 32.1. The van der Waals surface area contributed by atoms with Gasteiger partial charge in [-0.2, -0.15) is 0 Å². The van der Waals surface area contributed by atoms with Gasteiger partial charge in [-0.1, -0.05) is 0 Å². The molecule has 0 radical (unpaired) electrons. The number of aromatic nitrogens is 3. The zero-order chi connectivity index (χ0) is 26.3. The summed E-state index contributed by atoms with van der Waals surface area (Å²) in [5, 5.41) is 6.15. The van der Waals surface area contributed by atoms with E-state index in [1.54, 1.807) is 31.9 Å². The second kappa shape index (κ2) is 12.0. The number of benzene rings is 2. The summed E-state index contributed by atoms with van der Waals surface area (Å²) in [6, 6.07) is 17.7. The number of anilines is 1. The number of carbonyl (C=O) groups is 1. The molecule has 0 unspecified atom stereocenters. The fourth-order valence-electron chi connectivity index (χ4n) is 4.56. The number of ether oxygens (including phenoxy) is 2. The molecule has 196 valence electrons. The van der Waals surface area contributed by atoms with Gasteiger partial charge in [0.2, 0.25) is 5.91 Å². The molecule has 5 rings (SSSR count). The molecule has 9 heteroatoms. The molecule has 38 heavy (non-hydrogen) atoms. The molecule has 0 spiro atoms. The van der Waals surface area contributed by atoms with Crippen LogP contribution >= 0.6 is 11.3 Å². The fourth-order valence-corrected chi connectivity index (χ4v) is 5.42. The molecule has 4 aromatic rings. The van der Waals surface area contributed by atoms with Crippen LogP contribution in [0.25, 0.3) is 21.8 Å². The number of rotatable bonds is 9. The molecule has 2 aromatic carbocycles. The number of hydrogen-bond donors (Lipinski definition) is 1. The first kappa shape index (κ1) is 25.7. The van der Waals surface area contributed by atoms with E-state index in [0.717, 1.165) is 70.8 Å². The molecule has 1 N–H and O–H groups in total. The Morgan fingerprint density at radius 2 is 1.63 bits per heavy atom. The van der Waals surface area contributed by atoms with Crippen LogP contribution in [-0.4, -0.2) is 54.7 Å². The second-order valence-electron chi connectivity index (χ2n) is 9.16. The van der Waals surface area contributed by atoms with Crippen molar-refractivity contribution >= 4 is 23.1 Å². The number of piperidine rings is 1. The van der Waals surface area contributed by atoms with E-state index in [9.17, 15) is 4.79 Å². The van der Waals surface area contributed by atoms with Crippen molar-refractivity contribution in [3.8, 4) is 33.3 Å². The van der Waals surface area contributed by atoms with Crippen molar-refractivity contribution in [3.05, 3.63) is 72.0 Å². The standard InChI is InChI=1S/C29H31N5O3S/c1-36-24-7-3-20(4-8-24)26-17-27(32-19-31-26)34-15-12-21(13-16-34)28(35)30-14-11-23-18-38-29(33-23)22-5-9-25(37-2)10-6-22/h3-10,17-19,21H,11-16H2,1-2H3,(H,30,35). The van der Waals surface area contributed by atoms with Gasteiger partial charge in [0, 0.05) is 54.5 Å². The first-order valence-electron chi connectivity index (χ1n) is 12.7. The van der Waals surface area contributed by atoms with Gasteiger partial charge < -0.3 is 19.7 Å². The lowest BCUT2D eigenvalue weighted by Gasteiger charge is -2.32. The Morgan fingerprint density at radius 1 is 0.974 bits per heavy atom. The van der Waals surface area contributed by atoms with Crippen LogP contribution in [0, 0.1) is 5.92 Å². The van der Waals surface area contributed by atoms with E-state index in [0.29, 0.717) is 13.0 Å². The van der Waals surface area contributed by atoms with Gasteiger partial charge in [0.1, 0.15) is 28.7 Å². The molecule has 0 atom stereocenters. The fraction of sp³-hybridized carbons (Fsp3) is 0.310. The quantitative estimate of drug-likeness (QED) is 0.331. The highest BCUT2D eigenvalue weighted by Crippen LogP contribution is 2.27. The Morgan fingerprint density at radius 3 is 2.29 bits per heavy atom. The predicted molar refractivity (Wildman–Crippen MR) is 150 cm³/mol. The van der Waals surface area contributed by atoms with Gasteiger partial charge in [0.25, 0.3) is 0 Å². The van der Waals surface area contributed by atoms with Gasteiger partial charge in [-0.25, -0.2) is 15.0 Å². The lowest BCUT2D eigenvalue weighted by atomic mass is 9.96. The average molecular weight is 530 g/mol. The number of carbonyl (C=O) groups excluding carboxylic acids is 1. The third-order valence-electron chi connectivity index (χ3n) is 6.80. The smallest absolute Gasteiger partial charge is 0.223 e. The number of methoxy groups -OCH3 is 2. The van der Waals surface area contributed by atoms with E-state index in [-0.39, 0.29) is 11.8 Å². The molecule has 0 saturated carbocycles. The Labute approximate surface area is 226 Å². The van der Waals surface area contributed by atoms with Gasteiger partial charge in [-0.15, -0.1) is 11.3 Å². The molecule has 0 aliphatic carbocycles. The van der Waals surface area contributed by atoms with Gasteiger partial charge in [0.15, 0.2) is 0 Å². The van der Waals surface area contributed by atoms with Crippen LogP contribution in [0.5, 0.6) is 11.5 Å². The maximum atomic E-state index is 12.8. The monoisotopic (exact) mass is 529 g/mol. The lowest BCUT2D eigenvalue weighted by molar-refractivity contribution is -0.125. The molecule has 1 fully saturated rings. The summed E-state index contributed by atoms with van der Waals surface area (Å²) >= 11 is 1.62. The zero-order valence-electron chi connectivity index (χ0n) is 21.6. The normalized spacial score (nSPS) is 13.8. The van der Waals surface area contributed by atoms with E-state index >= 15 is 0 Å². The van der Waals surface area contributed by atoms with Crippen molar-refractivity contribution in [2.75, 3.05) is 38.8 Å². The first-order chi connectivity index (χ1) is 18.6. The molecular weight excluding hydrogens is 498 g/mol. The summed E-state index contributed by atoms with van der Waals surface area (Å²) in [5.74, 6) is 2.67. The third kappa shape index (κ3) is 6.11. The molecule has 3 heterocycles. The van der Waals surface area contributed by atoms with Crippen LogP contribution in [0.2, 0.25) is 0 Å². The van der Waals surface area contributed by atoms with Crippen LogP contribution in [-0.2, 0) is 11.2 Å². The van der Waals surface area contributed by atoms with Gasteiger partial charge in [0.05, 0.1) is 25.6 Å². The van der Waals surface area contributed by atoms with Crippen LogP contribution in [0.15, 0.2) is 66.3 Å². The van der Waals surface area contributed by atoms with Gasteiger partial charge in [-0.3, -0.25) is 4.79 Å². The van der Waals surface area contributed by atoms with Gasteiger partial charge in [-0.05, 0) is 61.4 Å². The minimum atomic E-state index is 0.0134. The van der Waals surface area contributed by atoms with Crippen LogP contribution < -0.4 is 19.7 Å². The van der Waals surface area contributed by atoms with Crippen molar-refractivity contribution in [2.45, 2.75) is 19.3 Å². The van der Waals surface area contributed by atoms with Gasteiger partial charge >= 0.3 is 0 Å². The van der Waals surface area contributed by atoms with E-state index < -0.39 is 0 Å². The Kier molecular flexibility index (Phi) is 8.13. The number of amides is 1. The van der Waals surface area contributed by atoms with Crippen LogP contribution in [0.4, 0.5) is 5.82 Å². The number of nitrogens with one attached hydrogen (secondary N) is 1. The minimum absolute atomic E-state index is 0.0134. The Balaban J connectivity index is 1.09. The first-order valence-corrected chi connectivity index (χ1v) is 13.6. The summed E-state index contributed by atoms with van der Waals surface area (Å²) in [5.41, 5.74) is 3.94. The number of hydrogen-bond acceptors (Lipinski definition) is 8. The van der Waals surface area contributed by atoms with E-state index in [4.69, 9.17) is 14.5 Å². The predicted octanol–water partition coefficient (Wildman–Crippen LogP) is 4.86. The molecule has 2 aromatic heterocycles. The van der Waals surface area contributed by atoms with E-state index in [2.05, 4.69) is 25.6 Å². The van der Waals surface area contributed by atoms with Crippen molar-refractivity contribution in [3.63, 3.8) is 0 Å². The Hall–Kier alpha value is -3.98. The molecule has 1 saturated heterocycles. The van der Waals surface area contributed by atoms with Crippen molar-refractivity contribution in [2.24, 2.45) is 5.92 Å². The summed E-state index contributed by atoms with van der Waals surface area (Å²) in [6.07, 6.45) is 3.91. The number of thiazole rings is 1. The highest BCUT2D eigenvalue weighted by molar-refractivity contribution is 7.13. The molecule has 1 aliphatic rings. The SMILES string of the molecule is COc1ccc(-c2cc(N3CCC(C(=O)NCCc4csc(-c5ccc(OC)cc5)n4)CC3)ncn2)cc1. The maximum absolute atomic E-state index is 12.8. The maximum Gasteiger partial charge on any atom is 0.223 e. The third-order valence-corrected chi connectivity index (χ3v) is 7.74. The molecule has 8 nitrogen and oxygen atoms in total. The van der Waals surface area contributed by atoms with Crippen molar-refractivity contribution < 1.29 is 14.3 Å². The topological polar surface area (TPSA) is 89.5 Å². The lowest BCUT2D eigenvalue weighted by Crippen LogP contribution is -2.41. The summed E-state index contributed by atoms with van der Waals surface area (Å²) in [7, 11) is 3.31. The molecule has 1 aliphatic heterocycles. The number of nitrogens with zero attached hydrogens (tertiary/aromatic N) is 4. The van der Waals surface area contributed by atoms with Crippen molar-refractivity contribution in [1.29, 1.82) is 0 Å². The molecule has 1 amide bonds. The second-order valence-corrected chi connectivity index (χ2v) is 10.0. The largest absolute Gasteiger partial charge is 0.497 e. The summed E-state index contributed by atoms with van der Waals surface area (Å²) < 4.78 is 10.5. The Bertz CT molecular complexity index is 1350. The highest BCUT2D eigenvalue weighted by Gasteiger charge is 2.25. The van der Waals surface area contributed by atoms with Crippen LogP contribution in [0.1, 0.15) is 18.5 Å². The van der Waals surface area contributed by atoms with E-state index in [1.165, 1.54) is 0 Å². The van der Waals surface area contributed by atoms with Crippen LogP contribution in [0.3, 0.4) is 0 Å². The van der Waals surface area contributed by atoms with E-state index in [1.807, 2.05) is 54.6 Å². The minimum Gasteiger partial charge on any atom is -0.497 e.